The fourth-order valence-electron chi connectivity index (χ4n) is 2.72. The standard InChI is InChI=1S/C18H18Cl2N4O3S/c1-23(9-15(25)21-11-4-5-13(19)14(20)7-11)17(27)8-12-10-28-18(22-12)24-6-2-3-16(24)26/h4-5,7,10H,2-3,6,8-9H2,1H3,(H,21,25). The Bertz CT molecular complexity index is 918. The third-order valence-electron chi connectivity index (χ3n) is 4.19. The highest BCUT2D eigenvalue weighted by Gasteiger charge is 2.24. The lowest BCUT2D eigenvalue weighted by Crippen LogP contribution is -2.35. The number of aromatic nitrogens is 1. The van der Waals surface area contributed by atoms with Crippen LogP contribution in [0.15, 0.2) is 23.6 Å². The topological polar surface area (TPSA) is 82.6 Å². The highest BCUT2D eigenvalue weighted by molar-refractivity contribution is 7.14. The molecule has 0 radical (unpaired) electrons. The number of carbonyl (C=O) groups is 3. The van der Waals surface area contributed by atoms with Gasteiger partial charge in [-0.3, -0.25) is 19.3 Å². The molecule has 3 amide bonds. The molecule has 1 saturated heterocycles. The number of hydrogen-bond acceptors (Lipinski definition) is 5. The van der Waals surface area contributed by atoms with Crippen LogP contribution in [0, 0.1) is 0 Å². The summed E-state index contributed by atoms with van der Waals surface area (Å²) in [4.78, 5) is 43.7. The Morgan fingerprint density at radius 3 is 2.79 bits per heavy atom. The van der Waals surface area contributed by atoms with Crippen molar-refractivity contribution < 1.29 is 14.4 Å². The van der Waals surface area contributed by atoms with E-state index in [4.69, 9.17) is 23.2 Å². The van der Waals surface area contributed by atoms with Gasteiger partial charge < -0.3 is 10.2 Å². The Hall–Kier alpha value is -2.16. The van der Waals surface area contributed by atoms with Crippen LogP contribution in [0.2, 0.25) is 10.0 Å². The van der Waals surface area contributed by atoms with Crippen LogP contribution in [0.4, 0.5) is 10.8 Å². The van der Waals surface area contributed by atoms with Gasteiger partial charge in [-0.05, 0) is 24.6 Å². The van der Waals surface area contributed by atoms with E-state index in [1.165, 1.54) is 16.2 Å². The number of rotatable bonds is 6. The number of likely N-dealkylation sites (N-methyl/N-ethyl adjacent to an activating group) is 1. The normalized spacial score (nSPS) is 13.7. The van der Waals surface area contributed by atoms with Crippen LogP contribution in [0.25, 0.3) is 0 Å². The zero-order valence-corrected chi connectivity index (χ0v) is 17.4. The number of amides is 3. The second-order valence-electron chi connectivity index (χ2n) is 6.37. The molecule has 0 saturated carbocycles. The molecule has 1 N–H and O–H groups in total. The number of halogens is 2. The second-order valence-corrected chi connectivity index (χ2v) is 8.02. The zero-order valence-electron chi connectivity index (χ0n) is 15.1. The summed E-state index contributed by atoms with van der Waals surface area (Å²) in [5.74, 6) is -0.534. The van der Waals surface area contributed by atoms with Crippen molar-refractivity contribution in [2.45, 2.75) is 19.3 Å². The highest BCUT2D eigenvalue weighted by Crippen LogP contribution is 2.26. The fraction of sp³-hybridized carbons (Fsp3) is 0.333. The first-order valence-electron chi connectivity index (χ1n) is 8.57. The van der Waals surface area contributed by atoms with E-state index in [0.717, 1.165) is 6.42 Å². The summed E-state index contributed by atoms with van der Waals surface area (Å²) in [6.07, 6.45) is 1.42. The summed E-state index contributed by atoms with van der Waals surface area (Å²) in [6.45, 7) is 0.551. The Labute approximate surface area is 176 Å². The largest absolute Gasteiger partial charge is 0.336 e. The highest BCUT2D eigenvalue weighted by atomic mass is 35.5. The van der Waals surface area contributed by atoms with Crippen molar-refractivity contribution in [2.75, 3.05) is 30.4 Å². The maximum Gasteiger partial charge on any atom is 0.243 e. The van der Waals surface area contributed by atoms with Gasteiger partial charge in [-0.2, -0.15) is 0 Å². The first kappa shape index (κ1) is 20.6. The van der Waals surface area contributed by atoms with Crippen LogP contribution >= 0.6 is 34.5 Å². The molecule has 2 aromatic rings. The summed E-state index contributed by atoms with van der Waals surface area (Å²) in [5, 5.41) is 5.78. The van der Waals surface area contributed by atoms with Gasteiger partial charge in [0.15, 0.2) is 5.13 Å². The molecule has 3 rings (SSSR count). The molecule has 0 bridgehead atoms. The number of anilines is 2. The molecule has 1 aliphatic heterocycles. The Kier molecular flexibility index (Phi) is 6.53. The molecule has 2 heterocycles. The van der Waals surface area contributed by atoms with Gasteiger partial charge in [0.1, 0.15) is 0 Å². The number of carbonyl (C=O) groups excluding carboxylic acids is 3. The Morgan fingerprint density at radius 1 is 1.32 bits per heavy atom. The molecule has 1 aromatic heterocycles. The molecule has 0 unspecified atom stereocenters. The van der Waals surface area contributed by atoms with Gasteiger partial charge in [-0.1, -0.05) is 23.2 Å². The zero-order chi connectivity index (χ0) is 20.3. The van der Waals surface area contributed by atoms with Crippen molar-refractivity contribution in [2.24, 2.45) is 0 Å². The quantitative estimate of drug-likeness (QED) is 0.747. The van der Waals surface area contributed by atoms with E-state index in [-0.39, 0.29) is 30.7 Å². The van der Waals surface area contributed by atoms with E-state index in [9.17, 15) is 14.4 Å². The predicted octanol–water partition coefficient (Wildman–Crippen LogP) is 3.22. The average Bonchev–Trinajstić information content (AvgIpc) is 3.26. The molecule has 0 atom stereocenters. The van der Waals surface area contributed by atoms with Crippen LogP contribution in [-0.2, 0) is 20.8 Å². The van der Waals surface area contributed by atoms with E-state index in [2.05, 4.69) is 10.3 Å². The summed E-state index contributed by atoms with van der Waals surface area (Å²) in [6, 6.07) is 4.75. The third-order valence-corrected chi connectivity index (χ3v) is 5.84. The van der Waals surface area contributed by atoms with Gasteiger partial charge in [0, 0.05) is 31.1 Å². The van der Waals surface area contributed by atoms with Gasteiger partial charge in [-0.25, -0.2) is 4.98 Å². The van der Waals surface area contributed by atoms with Crippen molar-refractivity contribution >= 4 is 63.1 Å². The predicted molar refractivity (Wildman–Crippen MR) is 110 cm³/mol. The first-order valence-corrected chi connectivity index (χ1v) is 10.2. The van der Waals surface area contributed by atoms with Crippen LogP contribution in [0.1, 0.15) is 18.5 Å². The second kappa shape index (κ2) is 8.89. The van der Waals surface area contributed by atoms with E-state index in [1.54, 1.807) is 35.5 Å². The molecule has 7 nitrogen and oxygen atoms in total. The van der Waals surface area contributed by atoms with E-state index in [0.29, 0.717) is 39.5 Å². The van der Waals surface area contributed by atoms with Crippen LogP contribution in [0.3, 0.4) is 0 Å². The number of thiazole rings is 1. The summed E-state index contributed by atoms with van der Waals surface area (Å²) in [5.41, 5.74) is 1.08. The molecule has 1 aliphatic rings. The molecule has 148 valence electrons. The lowest BCUT2D eigenvalue weighted by Gasteiger charge is -2.16. The molecular weight excluding hydrogens is 423 g/mol. The number of hydrogen-bond donors (Lipinski definition) is 1. The van der Waals surface area contributed by atoms with Gasteiger partial charge in [0.25, 0.3) is 0 Å². The summed E-state index contributed by atoms with van der Waals surface area (Å²) in [7, 11) is 1.55. The first-order chi connectivity index (χ1) is 13.3. The minimum absolute atomic E-state index is 0.0586. The fourth-order valence-corrected chi connectivity index (χ4v) is 3.89. The molecule has 0 aliphatic carbocycles. The lowest BCUT2D eigenvalue weighted by atomic mass is 10.3. The smallest absolute Gasteiger partial charge is 0.243 e. The van der Waals surface area contributed by atoms with Crippen molar-refractivity contribution in [1.82, 2.24) is 9.88 Å². The minimum atomic E-state index is -0.351. The Balaban J connectivity index is 1.52. The molecule has 10 heteroatoms. The van der Waals surface area contributed by atoms with Crippen LogP contribution < -0.4 is 10.2 Å². The van der Waals surface area contributed by atoms with E-state index in [1.807, 2.05) is 0 Å². The van der Waals surface area contributed by atoms with Gasteiger partial charge in [0.05, 0.1) is 28.7 Å². The van der Waals surface area contributed by atoms with Gasteiger partial charge >= 0.3 is 0 Å². The molecule has 1 aromatic carbocycles. The van der Waals surface area contributed by atoms with Gasteiger partial charge in [-0.15, -0.1) is 11.3 Å². The Morgan fingerprint density at radius 2 is 2.11 bits per heavy atom. The number of nitrogens with one attached hydrogen (secondary N) is 1. The summed E-state index contributed by atoms with van der Waals surface area (Å²) < 4.78 is 0. The molecular formula is C18H18Cl2N4O3S. The monoisotopic (exact) mass is 440 g/mol. The molecule has 1 fully saturated rings. The maximum atomic E-state index is 12.4. The minimum Gasteiger partial charge on any atom is -0.336 e. The van der Waals surface area contributed by atoms with E-state index < -0.39 is 0 Å². The van der Waals surface area contributed by atoms with Crippen LogP contribution in [-0.4, -0.2) is 47.7 Å². The molecule has 0 spiro atoms. The van der Waals surface area contributed by atoms with Crippen LogP contribution in [0.5, 0.6) is 0 Å². The van der Waals surface area contributed by atoms with Crippen molar-refractivity contribution in [3.63, 3.8) is 0 Å². The SMILES string of the molecule is CN(CC(=O)Nc1ccc(Cl)c(Cl)c1)C(=O)Cc1csc(N2CCCC2=O)n1. The van der Waals surface area contributed by atoms with Crippen molar-refractivity contribution in [3.05, 3.63) is 39.3 Å². The summed E-state index contributed by atoms with van der Waals surface area (Å²) >= 11 is 13.1. The van der Waals surface area contributed by atoms with Crippen molar-refractivity contribution in [3.8, 4) is 0 Å². The number of nitrogens with zero attached hydrogens (tertiary/aromatic N) is 3. The average molecular weight is 441 g/mol. The van der Waals surface area contributed by atoms with E-state index >= 15 is 0 Å². The number of benzene rings is 1. The maximum absolute atomic E-state index is 12.4. The third kappa shape index (κ3) is 5.01. The van der Waals surface area contributed by atoms with Gasteiger partial charge in [0.2, 0.25) is 17.7 Å². The lowest BCUT2D eigenvalue weighted by molar-refractivity contribution is -0.132. The van der Waals surface area contributed by atoms with Crippen molar-refractivity contribution in [1.29, 1.82) is 0 Å². The molecule has 28 heavy (non-hydrogen) atoms.